The fraction of sp³-hybridized carbons (Fsp3) is 1.00. The Hall–Kier alpha value is -0.120. The van der Waals surface area contributed by atoms with Crippen LogP contribution in [0.3, 0.4) is 0 Å². The largest absolute Gasteiger partial charge is 0.393 e. The molecule has 3 nitrogen and oxygen atoms in total. The molecule has 1 N–H and O–H groups in total. The first-order valence-corrected chi connectivity index (χ1v) is 6.90. The number of nitrogens with zero attached hydrogens (tertiary/aromatic N) is 2. The van der Waals surface area contributed by atoms with Gasteiger partial charge in [-0.1, -0.05) is 0 Å². The summed E-state index contributed by atoms with van der Waals surface area (Å²) in [5.41, 5.74) is 0. The molecule has 0 aromatic rings. The third-order valence-electron chi connectivity index (χ3n) is 4.01. The van der Waals surface area contributed by atoms with Crippen LogP contribution >= 0.6 is 0 Å². The van der Waals surface area contributed by atoms with Crippen molar-refractivity contribution in [2.45, 2.75) is 51.2 Å². The van der Waals surface area contributed by atoms with Crippen LogP contribution in [0.1, 0.15) is 39.0 Å². The van der Waals surface area contributed by atoms with Crippen molar-refractivity contribution in [1.29, 1.82) is 0 Å². The van der Waals surface area contributed by atoms with Crippen molar-refractivity contribution in [3.63, 3.8) is 0 Å². The molecule has 2 heterocycles. The van der Waals surface area contributed by atoms with Crippen LogP contribution in [0.2, 0.25) is 0 Å². The lowest BCUT2D eigenvalue weighted by Crippen LogP contribution is -2.38. The van der Waals surface area contributed by atoms with Crippen LogP contribution < -0.4 is 0 Å². The molecule has 0 aliphatic carbocycles. The lowest BCUT2D eigenvalue weighted by Gasteiger charge is -2.27. The fourth-order valence-corrected chi connectivity index (χ4v) is 3.13. The summed E-state index contributed by atoms with van der Waals surface area (Å²) in [4.78, 5) is 5.17. The second-order valence-corrected chi connectivity index (χ2v) is 5.47. The quantitative estimate of drug-likeness (QED) is 0.766. The van der Waals surface area contributed by atoms with Gasteiger partial charge in [-0.3, -0.25) is 4.90 Å². The molecule has 2 atom stereocenters. The molecule has 2 fully saturated rings. The number of hydrogen-bond donors (Lipinski definition) is 1. The molecule has 0 aromatic carbocycles. The van der Waals surface area contributed by atoms with Gasteiger partial charge in [-0.25, -0.2) is 0 Å². The Morgan fingerprint density at radius 2 is 1.88 bits per heavy atom. The first-order chi connectivity index (χ1) is 7.75. The number of aliphatic hydroxyl groups is 1. The van der Waals surface area contributed by atoms with Crippen molar-refractivity contribution in [3.8, 4) is 0 Å². The highest BCUT2D eigenvalue weighted by atomic mass is 16.3. The molecule has 2 unspecified atom stereocenters. The highest BCUT2D eigenvalue weighted by Gasteiger charge is 2.25. The van der Waals surface area contributed by atoms with Crippen molar-refractivity contribution in [1.82, 2.24) is 9.80 Å². The molecule has 0 aromatic heterocycles. The van der Waals surface area contributed by atoms with Crippen LogP contribution in [0.4, 0.5) is 0 Å². The van der Waals surface area contributed by atoms with Crippen LogP contribution in [-0.2, 0) is 0 Å². The number of likely N-dealkylation sites (tertiary alicyclic amines) is 2. The smallest absolute Gasteiger partial charge is 0.0527 e. The van der Waals surface area contributed by atoms with Gasteiger partial charge < -0.3 is 10.0 Å². The van der Waals surface area contributed by atoms with Crippen molar-refractivity contribution in [3.05, 3.63) is 0 Å². The molecule has 0 radical (unpaired) electrons. The highest BCUT2D eigenvalue weighted by Crippen LogP contribution is 2.21. The Kier molecular flexibility index (Phi) is 4.62. The van der Waals surface area contributed by atoms with Crippen LogP contribution in [0, 0.1) is 0 Å². The zero-order chi connectivity index (χ0) is 11.4. The highest BCUT2D eigenvalue weighted by molar-refractivity contribution is 4.81. The number of hydrogen-bond acceptors (Lipinski definition) is 3. The standard InChI is InChI=1S/C13H26N2O/c1-12(16)11-13-5-4-8-15(13)10-9-14-6-2-3-7-14/h12-13,16H,2-11H2,1H3. The summed E-state index contributed by atoms with van der Waals surface area (Å²) < 4.78 is 0. The third-order valence-corrected chi connectivity index (χ3v) is 4.01. The predicted molar refractivity (Wildman–Crippen MR) is 66.6 cm³/mol. The lowest BCUT2D eigenvalue weighted by atomic mass is 10.1. The summed E-state index contributed by atoms with van der Waals surface area (Å²) in [6.45, 7) is 8.19. The monoisotopic (exact) mass is 226 g/mol. The summed E-state index contributed by atoms with van der Waals surface area (Å²) in [5.74, 6) is 0. The van der Waals surface area contributed by atoms with Crippen LogP contribution in [0.25, 0.3) is 0 Å². The normalized spacial score (nSPS) is 30.0. The Balaban J connectivity index is 1.70. The maximum Gasteiger partial charge on any atom is 0.0527 e. The Bertz CT molecular complexity index is 202. The van der Waals surface area contributed by atoms with Gasteiger partial charge in [-0.05, 0) is 58.7 Å². The summed E-state index contributed by atoms with van der Waals surface area (Å²) in [6, 6.07) is 0.641. The second-order valence-electron chi connectivity index (χ2n) is 5.47. The van der Waals surface area contributed by atoms with Crippen molar-refractivity contribution in [2.24, 2.45) is 0 Å². The number of aliphatic hydroxyl groups excluding tert-OH is 1. The molecule has 0 spiro atoms. The molecule has 16 heavy (non-hydrogen) atoms. The predicted octanol–water partition coefficient (Wildman–Crippen LogP) is 1.32. The van der Waals surface area contributed by atoms with Crippen LogP contribution in [0.15, 0.2) is 0 Å². The molecule has 0 amide bonds. The molecule has 2 aliphatic heterocycles. The molecule has 2 saturated heterocycles. The van der Waals surface area contributed by atoms with Crippen LogP contribution in [0.5, 0.6) is 0 Å². The molecular formula is C13H26N2O. The van der Waals surface area contributed by atoms with E-state index in [1.165, 1.54) is 58.4 Å². The van der Waals surface area contributed by atoms with Gasteiger partial charge in [-0.15, -0.1) is 0 Å². The van der Waals surface area contributed by atoms with E-state index < -0.39 is 0 Å². The molecule has 2 rings (SSSR count). The topological polar surface area (TPSA) is 26.7 Å². The van der Waals surface area contributed by atoms with Gasteiger partial charge in [0.25, 0.3) is 0 Å². The van der Waals surface area contributed by atoms with Gasteiger partial charge in [0.05, 0.1) is 6.10 Å². The van der Waals surface area contributed by atoms with E-state index in [4.69, 9.17) is 0 Å². The second kappa shape index (κ2) is 5.99. The third kappa shape index (κ3) is 3.44. The Morgan fingerprint density at radius 3 is 2.56 bits per heavy atom. The fourth-order valence-electron chi connectivity index (χ4n) is 3.13. The van der Waals surface area contributed by atoms with Gasteiger partial charge in [0.2, 0.25) is 0 Å². The Labute approximate surface area is 99.4 Å². The number of rotatable bonds is 5. The molecule has 2 aliphatic rings. The minimum atomic E-state index is -0.141. The van der Waals surface area contributed by atoms with E-state index in [0.717, 1.165) is 6.42 Å². The maximum atomic E-state index is 9.47. The van der Waals surface area contributed by atoms with E-state index in [0.29, 0.717) is 6.04 Å². The van der Waals surface area contributed by atoms with E-state index in [1.807, 2.05) is 6.92 Å². The lowest BCUT2D eigenvalue weighted by molar-refractivity contribution is 0.127. The van der Waals surface area contributed by atoms with Gasteiger partial charge >= 0.3 is 0 Å². The van der Waals surface area contributed by atoms with E-state index in [2.05, 4.69) is 9.80 Å². The zero-order valence-corrected chi connectivity index (χ0v) is 10.6. The van der Waals surface area contributed by atoms with Crippen LogP contribution in [-0.4, -0.2) is 59.8 Å². The summed E-state index contributed by atoms with van der Waals surface area (Å²) in [7, 11) is 0. The Morgan fingerprint density at radius 1 is 1.12 bits per heavy atom. The van der Waals surface area contributed by atoms with E-state index in [9.17, 15) is 5.11 Å². The minimum Gasteiger partial charge on any atom is -0.393 e. The maximum absolute atomic E-state index is 9.47. The first kappa shape index (κ1) is 12.3. The van der Waals surface area contributed by atoms with Gasteiger partial charge in [0.15, 0.2) is 0 Å². The SMILES string of the molecule is CC(O)CC1CCCN1CCN1CCCC1. The summed E-state index contributed by atoms with van der Waals surface area (Å²) in [6.07, 6.45) is 6.19. The van der Waals surface area contributed by atoms with Crippen molar-refractivity contribution >= 4 is 0 Å². The average Bonchev–Trinajstić information content (AvgIpc) is 2.84. The first-order valence-electron chi connectivity index (χ1n) is 6.90. The summed E-state index contributed by atoms with van der Waals surface area (Å²) >= 11 is 0. The van der Waals surface area contributed by atoms with E-state index >= 15 is 0 Å². The molecule has 94 valence electrons. The van der Waals surface area contributed by atoms with Gasteiger partial charge in [0, 0.05) is 19.1 Å². The molecule has 0 bridgehead atoms. The molecular weight excluding hydrogens is 200 g/mol. The zero-order valence-electron chi connectivity index (χ0n) is 10.6. The van der Waals surface area contributed by atoms with E-state index in [1.54, 1.807) is 0 Å². The van der Waals surface area contributed by atoms with Crippen molar-refractivity contribution < 1.29 is 5.11 Å². The van der Waals surface area contributed by atoms with Crippen molar-refractivity contribution in [2.75, 3.05) is 32.7 Å². The summed E-state index contributed by atoms with van der Waals surface area (Å²) in [5, 5.41) is 9.47. The minimum absolute atomic E-state index is 0.141. The molecule has 0 saturated carbocycles. The van der Waals surface area contributed by atoms with Gasteiger partial charge in [0.1, 0.15) is 0 Å². The van der Waals surface area contributed by atoms with Gasteiger partial charge in [-0.2, -0.15) is 0 Å². The van der Waals surface area contributed by atoms with E-state index in [-0.39, 0.29) is 6.10 Å². The average molecular weight is 226 g/mol. The molecule has 3 heteroatoms.